The number of unbranched alkanes of at least 4 members (excludes halogenated alkanes) is 1. The minimum atomic E-state index is 0. The average Bonchev–Trinajstić information content (AvgIpc) is 3.63. The van der Waals surface area contributed by atoms with Gasteiger partial charge in [-0.2, -0.15) is 11.6 Å². The summed E-state index contributed by atoms with van der Waals surface area (Å²) in [5.41, 5.74) is 4.41. The summed E-state index contributed by atoms with van der Waals surface area (Å²) in [4.78, 5) is 0. The molecule has 216 valence electrons. The summed E-state index contributed by atoms with van der Waals surface area (Å²) in [6.07, 6.45) is 11.9. The fourth-order valence-electron chi connectivity index (χ4n) is 4.85. The second kappa shape index (κ2) is 17.6. The van der Waals surface area contributed by atoms with Crippen molar-refractivity contribution in [3.05, 3.63) is 150 Å². The molecule has 1 aliphatic rings. The van der Waals surface area contributed by atoms with Gasteiger partial charge in [-0.15, -0.1) is 39.7 Å². The third-order valence-electron chi connectivity index (χ3n) is 7.22. The molecule has 42 heavy (non-hydrogen) atoms. The summed E-state index contributed by atoms with van der Waals surface area (Å²) in [6, 6.07) is 40.4. The molecule has 3 heteroatoms. The molecule has 1 atom stereocenters. The Labute approximate surface area is 280 Å². The van der Waals surface area contributed by atoms with Crippen LogP contribution in [0.15, 0.2) is 133 Å². The molecule has 0 spiro atoms. The summed E-state index contributed by atoms with van der Waals surface area (Å²) in [6.45, 7) is 9.03. The van der Waals surface area contributed by atoms with Gasteiger partial charge in [0.05, 0.1) is 0 Å². The van der Waals surface area contributed by atoms with Gasteiger partial charge in [0, 0.05) is 0 Å². The van der Waals surface area contributed by atoms with Crippen molar-refractivity contribution in [3.8, 4) is 0 Å². The molecule has 0 amide bonds. The first-order valence-corrected chi connectivity index (χ1v) is 15.6. The van der Waals surface area contributed by atoms with Crippen LogP contribution < -0.4 is 24.8 Å². The number of hydrogen-bond donors (Lipinski definition) is 0. The molecule has 0 N–H and O–H groups in total. The zero-order valence-corrected chi connectivity index (χ0v) is 29.0. The van der Waals surface area contributed by atoms with Gasteiger partial charge in [-0.25, -0.2) is 6.08 Å². The van der Waals surface area contributed by atoms with Crippen LogP contribution in [0.2, 0.25) is 0 Å². The van der Waals surface area contributed by atoms with Gasteiger partial charge in [-0.05, 0) is 0 Å². The van der Waals surface area contributed by atoms with E-state index in [1.807, 2.05) is 0 Å². The van der Waals surface area contributed by atoms with Crippen LogP contribution in [0.1, 0.15) is 58.1 Å². The van der Waals surface area contributed by atoms with Crippen LogP contribution >= 0.6 is 0 Å². The topological polar surface area (TPSA) is 0 Å². The summed E-state index contributed by atoms with van der Waals surface area (Å²) < 4.78 is 1.42. The molecule has 0 fully saturated rings. The standard InChI is InChI=1S/C13H9.C13H10.C13H21.2ClH.Zr/c1-3-7-12-10(5-1)9-11-6-2-4-8-13(11)12;1-3-7-12(8-4-1)11-13-9-5-2-6-10-13;1-5-6-7-11-8-9-12(10-11)13(2,3)4;;;/h1-9H;1-10H;9-11H,5-7H2,1-4H3;2*1H;/q-1;;-1;;;+2/p-2. The van der Waals surface area contributed by atoms with Crippen molar-refractivity contribution in [2.24, 2.45) is 11.3 Å². The molecule has 0 saturated carbocycles. The van der Waals surface area contributed by atoms with Crippen molar-refractivity contribution in [2.75, 3.05) is 0 Å². The number of allylic oxidation sites excluding steroid dienone is 4. The maximum atomic E-state index is 3.43. The maximum absolute atomic E-state index is 3.43. The largest absolute Gasteiger partial charge is 0.126 e. The van der Waals surface area contributed by atoms with Crippen LogP contribution in [0.5, 0.6) is 0 Å². The molecule has 6 rings (SSSR count). The van der Waals surface area contributed by atoms with E-state index in [2.05, 4.69) is 161 Å². The van der Waals surface area contributed by atoms with Crippen LogP contribution in [0.3, 0.4) is 0 Å². The van der Waals surface area contributed by atoms with Crippen LogP contribution in [0.4, 0.5) is 0 Å². The predicted octanol–water partition coefficient (Wildman–Crippen LogP) is 4.66. The monoisotopic (exact) mass is 668 g/mol. The first-order valence-electron chi connectivity index (χ1n) is 14.4. The van der Waals surface area contributed by atoms with E-state index in [0.717, 1.165) is 0 Å². The van der Waals surface area contributed by atoms with Gasteiger partial charge in [0.15, 0.2) is 0 Å². The van der Waals surface area contributed by atoms with E-state index in [9.17, 15) is 0 Å². The molecule has 0 saturated heterocycles. The van der Waals surface area contributed by atoms with Gasteiger partial charge in [-0.3, -0.25) is 6.08 Å². The second-order valence-corrected chi connectivity index (χ2v) is 12.6. The molecule has 0 heterocycles. The van der Waals surface area contributed by atoms with Gasteiger partial charge >= 0.3 is 99.2 Å². The molecule has 1 unspecified atom stereocenters. The van der Waals surface area contributed by atoms with Crippen molar-refractivity contribution in [1.82, 2.24) is 0 Å². The SMILES string of the molecule is CCCCC1[C-]=CC(C(C)(C)C)=C1.[Cl-].[Cl-].[Zr+2]=[C](c1ccccc1)c1ccccc1.c1ccc2c(c1)[cH-]c1ccccc12. The van der Waals surface area contributed by atoms with Crippen molar-refractivity contribution in [3.63, 3.8) is 0 Å². The Morgan fingerprint density at radius 3 is 1.60 bits per heavy atom. The number of hydrogen-bond acceptors (Lipinski definition) is 0. The Balaban J connectivity index is 0.000000215. The van der Waals surface area contributed by atoms with Crippen molar-refractivity contribution < 1.29 is 49.0 Å². The number of halogens is 2. The minimum absolute atomic E-state index is 0. The molecule has 5 aromatic rings. The normalized spacial score (nSPS) is 13.6. The molecular formula is C39H40Cl2Zr-2. The molecule has 0 aromatic heterocycles. The first kappa shape index (κ1) is 35.8. The van der Waals surface area contributed by atoms with E-state index in [1.54, 1.807) is 0 Å². The zero-order valence-electron chi connectivity index (χ0n) is 25.1. The first-order chi connectivity index (χ1) is 19.4. The molecule has 0 bridgehead atoms. The van der Waals surface area contributed by atoms with Gasteiger partial charge in [0.1, 0.15) is 0 Å². The third-order valence-corrected chi connectivity index (χ3v) is 8.64. The summed E-state index contributed by atoms with van der Waals surface area (Å²) in [5.74, 6) is 0.592. The number of fused-ring (bicyclic) bond motifs is 3. The van der Waals surface area contributed by atoms with E-state index < -0.39 is 0 Å². The Kier molecular flexibility index (Phi) is 15.0. The molecular weight excluding hydrogens is 631 g/mol. The van der Waals surface area contributed by atoms with Crippen LogP contribution in [-0.2, 0) is 24.2 Å². The number of rotatable bonds is 5. The predicted molar refractivity (Wildman–Crippen MR) is 172 cm³/mol. The van der Waals surface area contributed by atoms with E-state index in [0.29, 0.717) is 11.3 Å². The average molecular weight is 671 g/mol. The van der Waals surface area contributed by atoms with Crippen molar-refractivity contribution in [2.45, 2.75) is 47.0 Å². The minimum Gasteiger partial charge on any atom is -0.126 e. The second-order valence-electron chi connectivity index (χ2n) is 11.4. The van der Waals surface area contributed by atoms with E-state index in [4.69, 9.17) is 0 Å². The summed E-state index contributed by atoms with van der Waals surface area (Å²) >= 11 is 1.46. The quantitative estimate of drug-likeness (QED) is 0.239. The van der Waals surface area contributed by atoms with Crippen LogP contribution in [0, 0.1) is 17.4 Å². The molecule has 0 aliphatic heterocycles. The van der Waals surface area contributed by atoms with Gasteiger partial charge < -0.3 is 24.8 Å². The van der Waals surface area contributed by atoms with Crippen molar-refractivity contribution >= 4 is 24.8 Å². The Hall–Kier alpha value is -2.44. The van der Waals surface area contributed by atoms with Crippen molar-refractivity contribution in [1.29, 1.82) is 0 Å². The maximum Gasteiger partial charge on any atom is -0.0771 e. The van der Waals surface area contributed by atoms with E-state index >= 15 is 0 Å². The molecule has 0 nitrogen and oxygen atoms in total. The smallest absolute Gasteiger partial charge is 0.0771 e. The fourth-order valence-corrected chi connectivity index (χ4v) is 5.67. The van der Waals surface area contributed by atoms with E-state index in [-0.39, 0.29) is 24.8 Å². The van der Waals surface area contributed by atoms with Crippen LogP contribution in [-0.4, -0.2) is 3.21 Å². The summed E-state index contributed by atoms with van der Waals surface area (Å²) in [5, 5.41) is 5.39. The zero-order chi connectivity index (χ0) is 28.4. The third kappa shape index (κ3) is 10.1. The summed E-state index contributed by atoms with van der Waals surface area (Å²) in [7, 11) is 0. The molecule has 5 aromatic carbocycles. The van der Waals surface area contributed by atoms with Gasteiger partial charge in [-0.1, -0.05) is 94.7 Å². The van der Waals surface area contributed by atoms with Gasteiger partial charge in [0.2, 0.25) is 0 Å². The van der Waals surface area contributed by atoms with Crippen LogP contribution in [0.25, 0.3) is 21.5 Å². The fraction of sp³-hybridized carbons (Fsp3) is 0.231. The Bertz CT molecular complexity index is 1480. The molecule has 0 radical (unpaired) electrons. The van der Waals surface area contributed by atoms with E-state index in [1.165, 1.54) is 84.9 Å². The Morgan fingerprint density at radius 2 is 1.17 bits per heavy atom. The van der Waals surface area contributed by atoms with Gasteiger partial charge in [0.25, 0.3) is 0 Å². The number of benzene rings is 4. The molecule has 1 aliphatic carbocycles. The Morgan fingerprint density at radius 1 is 0.714 bits per heavy atom.